The number of piperazine rings is 1. The molecule has 2 rings (SSSR count). The van der Waals surface area contributed by atoms with E-state index in [2.05, 4.69) is 15.5 Å². The van der Waals surface area contributed by atoms with E-state index in [1.165, 1.54) is 0 Å². The molecule has 1 aromatic rings. The highest BCUT2D eigenvalue weighted by Gasteiger charge is 2.41. The van der Waals surface area contributed by atoms with Crippen molar-refractivity contribution in [3.63, 3.8) is 0 Å². The molecule has 0 aliphatic carbocycles. The number of hydrogen-bond acceptors (Lipinski definition) is 4. The quantitative estimate of drug-likeness (QED) is 0.862. The summed E-state index contributed by atoms with van der Waals surface area (Å²) in [5, 5.41) is 10.9. The second-order valence-electron chi connectivity index (χ2n) is 5.47. The van der Waals surface area contributed by atoms with Crippen LogP contribution in [-0.4, -0.2) is 45.5 Å². The Bertz CT molecular complexity index is 554. The summed E-state index contributed by atoms with van der Waals surface area (Å²) in [7, 11) is 0. The minimum Gasteiger partial charge on any atom is -0.352 e. The van der Waals surface area contributed by atoms with Crippen LogP contribution in [0, 0.1) is 6.92 Å². The number of carbonyl (C=O) groups is 2. The van der Waals surface area contributed by atoms with E-state index in [0.717, 1.165) is 0 Å². The van der Waals surface area contributed by atoms with Crippen LogP contribution in [0.1, 0.15) is 42.5 Å². The number of hydrogen-bond donors (Lipinski definition) is 1. The summed E-state index contributed by atoms with van der Waals surface area (Å²) in [6, 6.07) is 1.75. The topological polar surface area (TPSA) is 75.2 Å². The van der Waals surface area contributed by atoms with Gasteiger partial charge in [0.25, 0.3) is 5.91 Å². The molecule has 2 amide bonds. The highest BCUT2D eigenvalue weighted by Crippen LogP contribution is 2.22. The van der Waals surface area contributed by atoms with Gasteiger partial charge >= 0.3 is 0 Å². The SMILES string of the molecule is CCc1nnc(C)cc1C(=O)N1CCNC(=O)C1(C)C. The first-order valence-corrected chi connectivity index (χ1v) is 6.81. The average Bonchev–Trinajstić information content (AvgIpc) is 2.41. The molecule has 0 spiro atoms. The number of amides is 2. The van der Waals surface area contributed by atoms with Gasteiger partial charge in [-0.25, -0.2) is 0 Å². The molecule has 0 unspecified atom stereocenters. The molecule has 6 nitrogen and oxygen atoms in total. The maximum absolute atomic E-state index is 12.8. The molecule has 20 heavy (non-hydrogen) atoms. The van der Waals surface area contributed by atoms with Gasteiger partial charge < -0.3 is 10.2 Å². The standard InChI is InChI=1S/C14H20N4O2/c1-5-11-10(8-9(2)16-17-11)12(19)18-7-6-15-13(20)14(18,3)4/h8H,5-7H2,1-4H3,(H,15,20). The Labute approximate surface area is 118 Å². The van der Waals surface area contributed by atoms with Gasteiger partial charge in [0.1, 0.15) is 5.54 Å². The molecule has 1 aliphatic heterocycles. The van der Waals surface area contributed by atoms with E-state index in [1.807, 2.05) is 6.92 Å². The molecular weight excluding hydrogens is 256 g/mol. The number of rotatable bonds is 2. The maximum atomic E-state index is 12.8. The van der Waals surface area contributed by atoms with Crippen LogP contribution in [0.25, 0.3) is 0 Å². The largest absolute Gasteiger partial charge is 0.352 e. The van der Waals surface area contributed by atoms with Crippen LogP contribution in [0.3, 0.4) is 0 Å². The Morgan fingerprint density at radius 2 is 2.15 bits per heavy atom. The fourth-order valence-corrected chi connectivity index (χ4v) is 2.36. The van der Waals surface area contributed by atoms with Crippen molar-refractivity contribution in [3.05, 3.63) is 23.0 Å². The second kappa shape index (κ2) is 5.19. The van der Waals surface area contributed by atoms with Gasteiger partial charge in [-0.2, -0.15) is 10.2 Å². The van der Waals surface area contributed by atoms with E-state index in [-0.39, 0.29) is 11.8 Å². The average molecular weight is 276 g/mol. The Morgan fingerprint density at radius 1 is 1.45 bits per heavy atom. The van der Waals surface area contributed by atoms with Crippen molar-refractivity contribution in [3.8, 4) is 0 Å². The zero-order valence-electron chi connectivity index (χ0n) is 12.4. The fourth-order valence-electron chi connectivity index (χ4n) is 2.36. The van der Waals surface area contributed by atoms with Gasteiger partial charge in [0.05, 0.1) is 17.0 Å². The van der Waals surface area contributed by atoms with Gasteiger partial charge in [0, 0.05) is 13.1 Å². The molecule has 2 heterocycles. The van der Waals surface area contributed by atoms with Gasteiger partial charge in [-0.1, -0.05) is 6.92 Å². The van der Waals surface area contributed by atoms with Crippen molar-refractivity contribution in [2.24, 2.45) is 0 Å². The van der Waals surface area contributed by atoms with Crippen molar-refractivity contribution in [1.82, 2.24) is 20.4 Å². The van der Waals surface area contributed by atoms with Crippen LogP contribution in [0.5, 0.6) is 0 Å². The third-order valence-electron chi connectivity index (χ3n) is 3.65. The van der Waals surface area contributed by atoms with Crippen molar-refractivity contribution in [1.29, 1.82) is 0 Å². The van der Waals surface area contributed by atoms with Gasteiger partial charge in [-0.3, -0.25) is 9.59 Å². The number of nitrogens with zero attached hydrogens (tertiary/aromatic N) is 3. The van der Waals surface area contributed by atoms with Gasteiger partial charge in [0.15, 0.2) is 0 Å². The van der Waals surface area contributed by atoms with E-state index in [1.54, 1.807) is 31.7 Å². The molecule has 0 aromatic carbocycles. The maximum Gasteiger partial charge on any atom is 0.256 e. The minimum absolute atomic E-state index is 0.131. The highest BCUT2D eigenvalue weighted by atomic mass is 16.2. The molecule has 1 saturated heterocycles. The molecule has 1 aliphatic rings. The molecule has 6 heteroatoms. The predicted molar refractivity (Wildman–Crippen MR) is 74.3 cm³/mol. The summed E-state index contributed by atoms with van der Waals surface area (Å²) >= 11 is 0. The van der Waals surface area contributed by atoms with Gasteiger partial charge in [0.2, 0.25) is 5.91 Å². The first-order chi connectivity index (χ1) is 9.37. The van der Waals surface area contributed by atoms with Crippen molar-refractivity contribution in [2.75, 3.05) is 13.1 Å². The van der Waals surface area contributed by atoms with Crippen molar-refractivity contribution < 1.29 is 9.59 Å². The molecule has 1 N–H and O–H groups in total. The summed E-state index contributed by atoms with van der Waals surface area (Å²) in [5.74, 6) is -0.284. The van der Waals surface area contributed by atoms with Crippen LogP contribution in [-0.2, 0) is 11.2 Å². The first-order valence-electron chi connectivity index (χ1n) is 6.81. The molecule has 0 saturated carbocycles. The molecule has 0 radical (unpaired) electrons. The summed E-state index contributed by atoms with van der Waals surface area (Å²) in [5.41, 5.74) is 1.06. The van der Waals surface area contributed by atoms with E-state index in [9.17, 15) is 9.59 Å². The summed E-state index contributed by atoms with van der Waals surface area (Å²) < 4.78 is 0. The lowest BCUT2D eigenvalue weighted by atomic mass is 9.97. The zero-order chi connectivity index (χ0) is 14.9. The Kier molecular flexibility index (Phi) is 3.74. The van der Waals surface area contributed by atoms with E-state index >= 15 is 0 Å². The van der Waals surface area contributed by atoms with Crippen LogP contribution in [0.2, 0.25) is 0 Å². The summed E-state index contributed by atoms with van der Waals surface area (Å²) in [6.07, 6.45) is 0.634. The Balaban J connectivity index is 2.40. The van der Waals surface area contributed by atoms with Crippen molar-refractivity contribution in [2.45, 2.75) is 39.7 Å². The monoisotopic (exact) mass is 276 g/mol. The molecule has 1 aromatic heterocycles. The van der Waals surface area contributed by atoms with E-state index < -0.39 is 5.54 Å². The third kappa shape index (κ3) is 2.37. The Hall–Kier alpha value is -1.98. The molecule has 0 atom stereocenters. The first kappa shape index (κ1) is 14.4. The Morgan fingerprint density at radius 3 is 2.80 bits per heavy atom. The van der Waals surface area contributed by atoms with Crippen LogP contribution in [0.15, 0.2) is 6.07 Å². The lowest BCUT2D eigenvalue weighted by Crippen LogP contribution is -2.63. The third-order valence-corrected chi connectivity index (χ3v) is 3.65. The number of aromatic nitrogens is 2. The van der Waals surface area contributed by atoms with Gasteiger partial charge in [-0.15, -0.1) is 0 Å². The van der Waals surface area contributed by atoms with E-state index in [0.29, 0.717) is 36.5 Å². The smallest absolute Gasteiger partial charge is 0.256 e. The summed E-state index contributed by atoms with van der Waals surface area (Å²) in [4.78, 5) is 26.3. The molecular formula is C14H20N4O2. The molecule has 108 valence electrons. The lowest BCUT2D eigenvalue weighted by Gasteiger charge is -2.41. The summed E-state index contributed by atoms with van der Waals surface area (Å²) in [6.45, 7) is 8.23. The highest BCUT2D eigenvalue weighted by molar-refractivity contribution is 6.00. The van der Waals surface area contributed by atoms with Crippen LogP contribution >= 0.6 is 0 Å². The fraction of sp³-hybridized carbons (Fsp3) is 0.571. The number of aryl methyl sites for hydroxylation is 2. The minimum atomic E-state index is -0.850. The second-order valence-corrected chi connectivity index (χ2v) is 5.47. The normalized spacial score (nSPS) is 17.8. The van der Waals surface area contributed by atoms with Crippen LogP contribution in [0.4, 0.5) is 0 Å². The number of nitrogens with one attached hydrogen (secondary N) is 1. The zero-order valence-corrected chi connectivity index (χ0v) is 12.4. The van der Waals surface area contributed by atoms with Crippen LogP contribution < -0.4 is 5.32 Å². The van der Waals surface area contributed by atoms with Crippen molar-refractivity contribution >= 4 is 11.8 Å². The van der Waals surface area contributed by atoms with Gasteiger partial charge in [-0.05, 0) is 33.3 Å². The predicted octanol–water partition coefficient (Wildman–Crippen LogP) is 0.698. The number of carbonyl (C=O) groups excluding carboxylic acids is 2. The molecule has 1 fully saturated rings. The molecule has 0 bridgehead atoms. The van der Waals surface area contributed by atoms with E-state index in [4.69, 9.17) is 0 Å². The lowest BCUT2D eigenvalue weighted by molar-refractivity contribution is -0.133.